The summed E-state index contributed by atoms with van der Waals surface area (Å²) in [4.78, 5) is 13.5. The third-order valence-electron chi connectivity index (χ3n) is 5.59. The summed E-state index contributed by atoms with van der Waals surface area (Å²) in [6.45, 7) is 2.18. The van der Waals surface area contributed by atoms with Gasteiger partial charge in [-0.2, -0.15) is 0 Å². The normalized spacial score (nSPS) is 11.4. The van der Waals surface area contributed by atoms with Crippen LogP contribution in [0.5, 0.6) is 0 Å². The van der Waals surface area contributed by atoms with E-state index in [2.05, 4.69) is 90.4 Å². The number of hydrogen-bond donors (Lipinski definition) is 1. The van der Waals surface area contributed by atoms with Gasteiger partial charge < -0.3 is 0 Å². The average Bonchev–Trinajstić information content (AvgIpc) is 2.91. The van der Waals surface area contributed by atoms with E-state index in [1.54, 1.807) is 11.8 Å². The molecule has 4 aromatic carbocycles. The van der Waals surface area contributed by atoms with Crippen LogP contribution in [0, 0.1) is 0 Å². The SMILES string of the molecule is CCCS/C=C(\NC(=O)c1ccccc1)[P+](c1ccccc1)(c1ccccc1)c1ccccc1.I. The summed E-state index contributed by atoms with van der Waals surface area (Å²) in [7, 11) is -2.37. The van der Waals surface area contributed by atoms with Crippen molar-refractivity contribution in [2.45, 2.75) is 13.3 Å². The third kappa shape index (κ3) is 6.24. The van der Waals surface area contributed by atoms with Gasteiger partial charge in [0.25, 0.3) is 5.91 Å². The van der Waals surface area contributed by atoms with Crippen molar-refractivity contribution in [1.82, 2.24) is 5.32 Å². The van der Waals surface area contributed by atoms with E-state index in [0.29, 0.717) is 5.56 Å². The Morgan fingerprint density at radius 1 is 0.714 bits per heavy atom. The number of thioether (sulfide) groups is 1. The summed E-state index contributed by atoms with van der Waals surface area (Å²) in [5.74, 6) is 0.902. The van der Waals surface area contributed by atoms with E-state index in [1.165, 1.54) is 15.9 Å². The van der Waals surface area contributed by atoms with Crippen LogP contribution in [0.3, 0.4) is 0 Å². The van der Waals surface area contributed by atoms with E-state index in [4.69, 9.17) is 0 Å². The third-order valence-corrected chi connectivity index (χ3v) is 11.0. The fraction of sp³-hybridized carbons (Fsp3) is 0.100. The van der Waals surface area contributed by atoms with Gasteiger partial charge in [0.1, 0.15) is 15.9 Å². The van der Waals surface area contributed by atoms with Crippen LogP contribution in [0.15, 0.2) is 132 Å². The molecule has 0 aromatic heterocycles. The summed E-state index contributed by atoms with van der Waals surface area (Å²) >= 11 is 1.76. The first-order valence-electron chi connectivity index (χ1n) is 11.5. The first kappa shape index (κ1) is 27.2. The number of halogens is 1. The second-order valence-electron chi connectivity index (χ2n) is 7.87. The highest BCUT2D eigenvalue weighted by Gasteiger charge is 2.50. The minimum absolute atomic E-state index is 0. The van der Waals surface area contributed by atoms with Gasteiger partial charge in [0.05, 0.1) is 0 Å². The summed E-state index contributed by atoms with van der Waals surface area (Å²) < 4.78 is 0. The Balaban J connectivity index is 0.00000342. The molecule has 0 saturated heterocycles. The van der Waals surface area contributed by atoms with Crippen molar-refractivity contribution in [2.75, 3.05) is 5.75 Å². The second-order valence-corrected chi connectivity index (χ2v) is 12.2. The highest BCUT2D eigenvalue weighted by molar-refractivity contribution is 14.0. The lowest BCUT2D eigenvalue weighted by Gasteiger charge is -2.29. The van der Waals surface area contributed by atoms with E-state index >= 15 is 0 Å². The molecule has 35 heavy (non-hydrogen) atoms. The van der Waals surface area contributed by atoms with E-state index in [-0.39, 0.29) is 29.9 Å². The quantitative estimate of drug-likeness (QED) is 0.126. The van der Waals surface area contributed by atoms with Crippen LogP contribution in [0.2, 0.25) is 0 Å². The molecule has 0 radical (unpaired) electrons. The number of benzene rings is 4. The van der Waals surface area contributed by atoms with Crippen LogP contribution in [-0.4, -0.2) is 11.7 Å². The van der Waals surface area contributed by atoms with Crippen molar-refractivity contribution >= 4 is 64.8 Å². The first-order chi connectivity index (χ1) is 16.8. The molecule has 0 aliphatic carbocycles. The maximum absolute atomic E-state index is 13.5. The van der Waals surface area contributed by atoms with Crippen LogP contribution in [0.25, 0.3) is 0 Å². The molecule has 0 spiro atoms. The number of amides is 1. The second kappa shape index (κ2) is 13.6. The van der Waals surface area contributed by atoms with E-state index in [9.17, 15) is 4.79 Å². The van der Waals surface area contributed by atoms with E-state index in [1.807, 2.05) is 48.5 Å². The lowest BCUT2D eigenvalue weighted by atomic mass is 10.2. The maximum Gasteiger partial charge on any atom is 0.258 e. The molecule has 0 fully saturated rings. The largest absolute Gasteiger partial charge is 0.292 e. The molecule has 1 N–H and O–H groups in total. The van der Waals surface area contributed by atoms with Gasteiger partial charge in [0.2, 0.25) is 0 Å². The zero-order valence-corrected chi connectivity index (χ0v) is 23.8. The molecule has 0 saturated carbocycles. The zero-order valence-electron chi connectivity index (χ0n) is 19.7. The number of hydrogen-bond acceptors (Lipinski definition) is 2. The molecule has 178 valence electrons. The summed E-state index contributed by atoms with van der Waals surface area (Å²) in [6.07, 6.45) is 1.06. The van der Waals surface area contributed by atoms with Crippen molar-refractivity contribution in [1.29, 1.82) is 0 Å². The highest BCUT2D eigenvalue weighted by atomic mass is 127. The Kier molecular flexibility index (Phi) is 10.6. The van der Waals surface area contributed by atoms with Crippen LogP contribution in [0.1, 0.15) is 23.7 Å². The zero-order chi connectivity index (χ0) is 23.6. The highest BCUT2D eigenvalue weighted by Crippen LogP contribution is 2.61. The number of carbonyl (C=O) groups is 1. The molecule has 0 aliphatic heterocycles. The number of rotatable bonds is 9. The smallest absolute Gasteiger partial charge is 0.258 e. The van der Waals surface area contributed by atoms with Crippen molar-refractivity contribution in [3.8, 4) is 0 Å². The Labute approximate surface area is 230 Å². The van der Waals surface area contributed by atoms with Crippen LogP contribution in [-0.2, 0) is 0 Å². The lowest BCUT2D eigenvalue weighted by Crippen LogP contribution is -2.38. The molecule has 5 heteroatoms. The molecule has 0 aliphatic rings. The van der Waals surface area contributed by atoms with Gasteiger partial charge >= 0.3 is 0 Å². The predicted molar refractivity (Wildman–Crippen MR) is 165 cm³/mol. The number of nitrogens with one attached hydrogen (secondary N) is 1. The fourth-order valence-electron chi connectivity index (χ4n) is 4.05. The summed E-state index contributed by atoms with van der Waals surface area (Å²) in [6, 6.07) is 41.3. The molecular formula is C30H30INOPS+. The molecule has 0 unspecified atom stereocenters. The van der Waals surface area contributed by atoms with Crippen molar-refractivity contribution < 1.29 is 4.79 Å². The van der Waals surface area contributed by atoms with E-state index < -0.39 is 7.26 Å². The molecular weight excluding hydrogens is 580 g/mol. The first-order valence-corrected chi connectivity index (χ1v) is 14.3. The lowest BCUT2D eigenvalue weighted by molar-refractivity contribution is 0.0968. The monoisotopic (exact) mass is 610 g/mol. The Hall–Kier alpha value is -2.40. The average molecular weight is 611 g/mol. The summed E-state index contributed by atoms with van der Waals surface area (Å²) in [5, 5.41) is 9.20. The topological polar surface area (TPSA) is 29.1 Å². The minimum Gasteiger partial charge on any atom is -0.292 e. The van der Waals surface area contributed by atoms with Crippen LogP contribution in [0.4, 0.5) is 0 Å². The van der Waals surface area contributed by atoms with Gasteiger partial charge in [-0.25, -0.2) is 0 Å². The van der Waals surface area contributed by atoms with Gasteiger partial charge in [0.15, 0.2) is 12.7 Å². The van der Waals surface area contributed by atoms with Gasteiger partial charge in [0, 0.05) is 11.0 Å². The molecule has 0 heterocycles. The van der Waals surface area contributed by atoms with Gasteiger partial charge in [-0.1, -0.05) is 79.7 Å². The standard InChI is InChI=1S/C30H28NOPS.HI/c1-2-23-34-24-29(31-30(32)25-15-7-3-8-16-25)33(26-17-9-4-10-18-26,27-19-11-5-12-20-27)28-21-13-6-14-22-28;/h3-22,24H,2,23H2,1H3;1H/p+1/b29-24+;. The molecule has 1 amide bonds. The van der Waals surface area contributed by atoms with Crippen LogP contribution >= 0.6 is 43.0 Å². The molecule has 0 bridgehead atoms. The Morgan fingerprint density at radius 3 is 1.51 bits per heavy atom. The molecule has 4 rings (SSSR count). The Morgan fingerprint density at radius 2 is 1.11 bits per heavy atom. The molecule has 0 atom stereocenters. The predicted octanol–water partition coefficient (Wildman–Crippen LogP) is 6.97. The van der Waals surface area contributed by atoms with Crippen molar-refractivity contribution in [3.05, 3.63) is 138 Å². The summed E-state index contributed by atoms with van der Waals surface area (Å²) in [5.41, 5.74) is 1.62. The number of carbonyl (C=O) groups excluding carboxylic acids is 1. The maximum atomic E-state index is 13.5. The fourth-order valence-corrected chi connectivity index (χ4v) is 9.33. The van der Waals surface area contributed by atoms with E-state index in [0.717, 1.165) is 17.6 Å². The van der Waals surface area contributed by atoms with Gasteiger partial charge in [-0.3, -0.25) is 10.1 Å². The Bertz CT molecular complexity index is 1120. The molecule has 2 nitrogen and oxygen atoms in total. The van der Waals surface area contributed by atoms with Gasteiger partial charge in [-0.15, -0.1) is 35.7 Å². The molecule has 4 aromatic rings. The van der Waals surface area contributed by atoms with Crippen LogP contribution < -0.4 is 21.2 Å². The van der Waals surface area contributed by atoms with Crippen molar-refractivity contribution in [3.63, 3.8) is 0 Å². The van der Waals surface area contributed by atoms with Crippen molar-refractivity contribution in [2.24, 2.45) is 0 Å². The minimum atomic E-state index is -2.37. The van der Waals surface area contributed by atoms with Gasteiger partial charge in [-0.05, 0) is 60.7 Å².